The maximum Gasteiger partial charge on any atom is 0.417 e. The smallest absolute Gasteiger partial charge is 0.417 e. The third kappa shape index (κ3) is 3.21. The summed E-state index contributed by atoms with van der Waals surface area (Å²) in [5, 5.41) is 4.05. The minimum absolute atomic E-state index is 0.182. The van der Waals surface area contributed by atoms with Crippen LogP contribution < -0.4 is 0 Å². The molecule has 0 aliphatic heterocycles. The van der Waals surface area contributed by atoms with Crippen LogP contribution in [0.5, 0.6) is 0 Å². The number of rotatable bonds is 3. The molecule has 0 aliphatic rings. The van der Waals surface area contributed by atoms with E-state index in [2.05, 4.69) is 10.1 Å². The number of esters is 1. The first kappa shape index (κ1) is 15.0. The van der Waals surface area contributed by atoms with Crippen molar-refractivity contribution >= 4 is 5.97 Å². The molecule has 2 aromatic rings. The van der Waals surface area contributed by atoms with Gasteiger partial charge in [-0.3, -0.25) is 0 Å². The van der Waals surface area contributed by atoms with Gasteiger partial charge in [-0.1, -0.05) is 0 Å². The molecule has 0 amide bonds. The van der Waals surface area contributed by atoms with Crippen LogP contribution in [-0.4, -0.2) is 27.3 Å². The molecule has 0 unspecified atom stereocenters. The van der Waals surface area contributed by atoms with E-state index in [0.717, 1.165) is 12.3 Å². The summed E-state index contributed by atoms with van der Waals surface area (Å²) in [5.41, 5.74) is -0.186. The van der Waals surface area contributed by atoms with E-state index in [0.29, 0.717) is 5.69 Å². The van der Waals surface area contributed by atoms with Crippen molar-refractivity contribution in [1.29, 1.82) is 0 Å². The first-order chi connectivity index (χ1) is 9.82. The molecule has 2 rings (SSSR count). The van der Waals surface area contributed by atoms with Crippen LogP contribution in [0.4, 0.5) is 13.2 Å². The van der Waals surface area contributed by atoms with Crippen molar-refractivity contribution in [3.8, 4) is 5.82 Å². The van der Waals surface area contributed by atoms with E-state index in [4.69, 9.17) is 4.74 Å². The molecule has 8 heteroatoms. The van der Waals surface area contributed by atoms with Gasteiger partial charge in [0.25, 0.3) is 0 Å². The van der Waals surface area contributed by atoms with E-state index < -0.39 is 17.7 Å². The quantitative estimate of drug-likeness (QED) is 0.818. The summed E-state index contributed by atoms with van der Waals surface area (Å²) in [4.78, 5) is 15.4. The highest BCUT2D eigenvalue weighted by Crippen LogP contribution is 2.28. The molecule has 0 fully saturated rings. The maximum atomic E-state index is 12.5. The third-order valence-corrected chi connectivity index (χ3v) is 2.70. The van der Waals surface area contributed by atoms with Crippen molar-refractivity contribution in [2.24, 2.45) is 0 Å². The Morgan fingerprint density at radius 1 is 1.38 bits per heavy atom. The number of aryl methyl sites for hydroxylation is 1. The first-order valence-corrected chi connectivity index (χ1v) is 6.10. The van der Waals surface area contributed by atoms with E-state index in [1.54, 1.807) is 13.8 Å². The predicted octanol–water partition coefficient (Wildman–Crippen LogP) is 2.77. The number of aromatic nitrogens is 3. The standard InChI is InChI=1S/C13H12F3N3O2/c1-3-21-12(20)10-7-19(18-8(10)2)11-5-4-9(6-17-11)13(14,15)16/h4-7H,3H2,1-2H3. The zero-order chi connectivity index (χ0) is 15.6. The molecule has 0 saturated heterocycles. The van der Waals surface area contributed by atoms with Gasteiger partial charge in [-0.2, -0.15) is 18.3 Å². The van der Waals surface area contributed by atoms with Gasteiger partial charge in [0.15, 0.2) is 5.82 Å². The van der Waals surface area contributed by atoms with E-state index in [9.17, 15) is 18.0 Å². The van der Waals surface area contributed by atoms with Gasteiger partial charge in [0.2, 0.25) is 0 Å². The normalized spacial score (nSPS) is 11.5. The van der Waals surface area contributed by atoms with Gasteiger partial charge < -0.3 is 4.74 Å². The summed E-state index contributed by atoms with van der Waals surface area (Å²) in [6.07, 6.45) is -2.35. The number of hydrogen-bond acceptors (Lipinski definition) is 4. The maximum absolute atomic E-state index is 12.5. The molecular formula is C13H12F3N3O2. The van der Waals surface area contributed by atoms with E-state index >= 15 is 0 Å². The number of hydrogen-bond donors (Lipinski definition) is 0. The largest absolute Gasteiger partial charge is 0.462 e. The van der Waals surface area contributed by atoms with Crippen LogP contribution in [0.15, 0.2) is 24.5 Å². The van der Waals surface area contributed by atoms with Crippen molar-refractivity contribution < 1.29 is 22.7 Å². The second-order valence-corrected chi connectivity index (χ2v) is 4.20. The SMILES string of the molecule is CCOC(=O)c1cn(-c2ccc(C(F)(F)F)cn2)nc1C. The van der Waals surface area contributed by atoms with Gasteiger partial charge in [0.1, 0.15) is 5.56 Å². The number of carbonyl (C=O) groups excluding carboxylic acids is 1. The van der Waals surface area contributed by atoms with Crippen molar-refractivity contribution in [2.45, 2.75) is 20.0 Å². The Morgan fingerprint density at radius 2 is 2.10 bits per heavy atom. The molecule has 0 aliphatic carbocycles. The molecule has 0 saturated carbocycles. The number of carbonyl (C=O) groups is 1. The number of pyridine rings is 1. The predicted molar refractivity (Wildman–Crippen MR) is 67.1 cm³/mol. The topological polar surface area (TPSA) is 57.0 Å². The summed E-state index contributed by atoms with van der Waals surface area (Å²) >= 11 is 0. The average Bonchev–Trinajstić information content (AvgIpc) is 2.80. The average molecular weight is 299 g/mol. The highest BCUT2D eigenvalue weighted by atomic mass is 19.4. The molecule has 2 aromatic heterocycles. The lowest BCUT2D eigenvalue weighted by molar-refractivity contribution is -0.137. The minimum atomic E-state index is -4.44. The Kier molecular flexibility index (Phi) is 3.97. The van der Waals surface area contributed by atoms with Gasteiger partial charge in [-0.25, -0.2) is 14.5 Å². The Balaban J connectivity index is 2.31. The summed E-state index contributed by atoms with van der Waals surface area (Å²) in [6, 6.07) is 2.09. The Labute approximate surface area is 118 Å². The zero-order valence-electron chi connectivity index (χ0n) is 11.3. The van der Waals surface area contributed by atoms with Gasteiger partial charge in [0, 0.05) is 12.4 Å². The highest BCUT2D eigenvalue weighted by Gasteiger charge is 2.30. The Morgan fingerprint density at radius 3 is 2.62 bits per heavy atom. The lowest BCUT2D eigenvalue weighted by Gasteiger charge is -2.06. The van der Waals surface area contributed by atoms with Crippen molar-refractivity contribution in [1.82, 2.24) is 14.8 Å². The lowest BCUT2D eigenvalue weighted by atomic mass is 10.2. The third-order valence-electron chi connectivity index (χ3n) is 2.70. The molecule has 0 N–H and O–H groups in total. The zero-order valence-corrected chi connectivity index (χ0v) is 11.3. The van der Waals surface area contributed by atoms with Crippen LogP contribution in [0.3, 0.4) is 0 Å². The van der Waals surface area contributed by atoms with Crippen molar-refractivity contribution in [2.75, 3.05) is 6.61 Å². The van der Waals surface area contributed by atoms with Crippen LogP contribution in [-0.2, 0) is 10.9 Å². The van der Waals surface area contributed by atoms with Crippen LogP contribution in [0.1, 0.15) is 28.5 Å². The molecule has 2 heterocycles. The van der Waals surface area contributed by atoms with Crippen molar-refractivity contribution in [3.63, 3.8) is 0 Å². The van der Waals surface area contributed by atoms with Gasteiger partial charge in [0.05, 0.1) is 17.9 Å². The van der Waals surface area contributed by atoms with Crippen LogP contribution >= 0.6 is 0 Å². The fourth-order valence-electron chi connectivity index (χ4n) is 1.68. The van der Waals surface area contributed by atoms with Gasteiger partial charge in [-0.05, 0) is 26.0 Å². The molecule has 0 bridgehead atoms. The molecule has 5 nitrogen and oxygen atoms in total. The fourth-order valence-corrected chi connectivity index (χ4v) is 1.68. The van der Waals surface area contributed by atoms with E-state index in [1.165, 1.54) is 16.9 Å². The highest BCUT2D eigenvalue weighted by molar-refractivity contribution is 5.90. The van der Waals surface area contributed by atoms with Gasteiger partial charge in [-0.15, -0.1) is 0 Å². The molecule has 0 atom stereocenters. The molecule has 0 radical (unpaired) electrons. The second-order valence-electron chi connectivity index (χ2n) is 4.20. The molecule has 0 aromatic carbocycles. The Bertz CT molecular complexity index is 648. The summed E-state index contributed by atoms with van der Waals surface area (Å²) in [5.74, 6) is -0.352. The second kappa shape index (κ2) is 5.55. The molecular weight excluding hydrogens is 287 g/mol. The van der Waals surface area contributed by atoms with Crippen LogP contribution in [0.25, 0.3) is 5.82 Å². The summed E-state index contributed by atoms with van der Waals surface area (Å²) in [7, 11) is 0. The molecule has 0 spiro atoms. The van der Waals surface area contributed by atoms with Gasteiger partial charge >= 0.3 is 12.1 Å². The fraction of sp³-hybridized carbons (Fsp3) is 0.308. The number of nitrogens with zero attached hydrogens (tertiary/aromatic N) is 3. The lowest BCUT2D eigenvalue weighted by Crippen LogP contribution is -2.07. The molecule has 21 heavy (non-hydrogen) atoms. The minimum Gasteiger partial charge on any atom is -0.462 e. The van der Waals surface area contributed by atoms with E-state index in [1.807, 2.05) is 0 Å². The van der Waals surface area contributed by atoms with Crippen LogP contribution in [0, 0.1) is 6.92 Å². The summed E-state index contributed by atoms with van der Waals surface area (Å²) < 4.78 is 43.5. The monoisotopic (exact) mass is 299 g/mol. The Hall–Kier alpha value is -2.38. The van der Waals surface area contributed by atoms with Crippen molar-refractivity contribution in [3.05, 3.63) is 41.3 Å². The number of halogens is 3. The van der Waals surface area contributed by atoms with Crippen LogP contribution in [0.2, 0.25) is 0 Å². The number of alkyl halides is 3. The number of ether oxygens (including phenoxy) is 1. The summed E-state index contributed by atoms with van der Waals surface area (Å²) in [6.45, 7) is 3.50. The first-order valence-electron chi connectivity index (χ1n) is 6.10. The molecule has 112 valence electrons. The van der Waals surface area contributed by atoms with E-state index in [-0.39, 0.29) is 18.0 Å².